The van der Waals surface area contributed by atoms with Crippen LogP contribution in [0.5, 0.6) is 5.75 Å². The number of rotatable bonds is 5. The van der Waals surface area contributed by atoms with Gasteiger partial charge in [0.15, 0.2) is 6.10 Å². The van der Waals surface area contributed by atoms with Crippen molar-refractivity contribution in [3.05, 3.63) is 72.4 Å². The third-order valence-corrected chi connectivity index (χ3v) is 5.92. The molecule has 1 atom stereocenters. The molecule has 0 fully saturated rings. The zero-order valence-corrected chi connectivity index (χ0v) is 18.3. The van der Waals surface area contributed by atoms with Crippen LogP contribution in [0, 0.1) is 0 Å². The van der Waals surface area contributed by atoms with Gasteiger partial charge in [0.05, 0.1) is 11.3 Å². The minimum Gasteiger partial charge on any atom is -0.481 e. The summed E-state index contributed by atoms with van der Waals surface area (Å²) in [7, 11) is 0. The number of hydrogen-bond donors (Lipinski definition) is 1. The fourth-order valence-corrected chi connectivity index (χ4v) is 4.41. The number of nitrogens with one attached hydrogen (secondary N) is 1. The van der Waals surface area contributed by atoms with Crippen molar-refractivity contribution in [3.63, 3.8) is 0 Å². The second kappa shape index (κ2) is 8.81. The topological polar surface area (TPSA) is 71.5 Å². The Kier molecular flexibility index (Phi) is 5.95. The molecule has 3 aromatic rings. The normalized spacial score (nSPS) is 13.8. The summed E-state index contributed by atoms with van der Waals surface area (Å²) in [5.41, 5.74) is 2.01. The van der Waals surface area contributed by atoms with Crippen molar-refractivity contribution < 1.29 is 14.3 Å². The van der Waals surface area contributed by atoms with Gasteiger partial charge in [-0.2, -0.15) is 0 Å². The number of aromatic nitrogens is 1. The van der Waals surface area contributed by atoms with Crippen LogP contribution in [-0.4, -0.2) is 28.9 Å². The van der Waals surface area contributed by atoms with Gasteiger partial charge in [-0.05, 0) is 63.2 Å². The largest absolute Gasteiger partial charge is 0.481 e. The van der Waals surface area contributed by atoms with Crippen molar-refractivity contribution in [3.8, 4) is 5.75 Å². The van der Waals surface area contributed by atoms with Crippen molar-refractivity contribution in [1.29, 1.82) is 0 Å². The molecule has 0 aliphatic carbocycles. The highest BCUT2D eigenvalue weighted by molar-refractivity contribution is 7.99. The zero-order chi connectivity index (χ0) is 22.0. The minimum absolute atomic E-state index is 0.0299. The van der Waals surface area contributed by atoms with Gasteiger partial charge < -0.3 is 15.0 Å². The number of ether oxygens (including phenoxy) is 1. The molecule has 1 aromatic heterocycles. The van der Waals surface area contributed by atoms with Crippen LogP contribution in [0.2, 0.25) is 0 Å². The highest BCUT2D eigenvalue weighted by atomic mass is 32.2. The number of anilines is 2. The van der Waals surface area contributed by atoms with Crippen molar-refractivity contribution >= 4 is 35.0 Å². The van der Waals surface area contributed by atoms with Gasteiger partial charge in [-0.25, -0.2) is 4.98 Å². The molecule has 6 nitrogen and oxygen atoms in total. The van der Waals surface area contributed by atoms with E-state index in [1.807, 2.05) is 56.3 Å². The van der Waals surface area contributed by atoms with E-state index in [0.717, 1.165) is 10.6 Å². The fourth-order valence-electron chi connectivity index (χ4n) is 3.36. The summed E-state index contributed by atoms with van der Waals surface area (Å²) in [5.74, 6) is 0.306. The Bertz CT molecular complexity index is 1120. The van der Waals surface area contributed by atoms with Gasteiger partial charge in [0, 0.05) is 22.8 Å². The van der Waals surface area contributed by atoms with Crippen LogP contribution < -0.4 is 15.0 Å². The lowest BCUT2D eigenvalue weighted by molar-refractivity contribution is -0.122. The maximum atomic E-state index is 13.2. The molecule has 1 aliphatic heterocycles. The fraction of sp³-hybridized carbons (Fsp3) is 0.208. The molecule has 7 heteroatoms. The third-order valence-electron chi connectivity index (χ3n) is 4.86. The molecule has 0 unspecified atom stereocenters. The summed E-state index contributed by atoms with van der Waals surface area (Å²) >= 11 is 1.42. The number of carbonyl (C=O) groups excluding carboxylic acids is 2. The lowest BCUT2D eigenvalue weighted by Crippen LogP contribution is -2.37. The van der Waals surface area contributed by atoms with E-state index in [1.165, 1.54) is 11.8 Å². The molecule has 2 amide bonds. The predicted octanol–water partition coefficient (Wildman–Crippen LogP) is 5.01. The SMILES string of the molecule is CC(C)N1C(=O)c2cccnc2Sc2cc(NC(=O)[C@H](C)Oc3ccccc3)ccc21. The number of hydrogen-bond acceptors (Lipinski definition) is 5. The van der Waals surface area contributed by atoms with E-state index in [1.54, 1.807) is 36.2 Å². The maximum Gasteiger partial charge on any atom is 0.265 e. The highest BCUT2D eigenvalue weighted by Crippen LogP contribution is 2.42. The molecule has 2 aromatic carbocycles. The lowest BCUT2D eigenvalue weighted by atomic mass is 10.1. The van der Waals surface area contributed by atoms with Crippen molar-refractivity contribution in [1.82, 2.24) is 4.98 Å². The first-order chi connectivity index (χ1) is 14.9. The number of fused-ring (bicyclic) bond motifs is 2. The summed E-state index contributed by atoms with van der Waals surface area (Å²) in [5, 5.41) is 3.56. The monoisotopic (exact) mass is 433 g/mol. The Morgan fingerprint density at radius 2 is 1.84 bits per heavy atom. The molecule has 0 bridgehead atoms. The van der Waals surface area contributed by atoms with E-state index in [-0.39, 0.29) is 17.9 Å². The van der Waals surface area contributed by atoms with Gasteiger partial charge in [0.25, 0.3) is 11.8 Å². The zero-order valence-electron chi connectivity index (χ0n) is 17.5. The molecule has 4 rings (SSSR count). The first-order valence-electron chi connectivity index (χ1n) is 10.1. The van der Waals surface area contributed by atoms with Crippen molar-refractivity contribution in [2.75, 3.05) is 10.2 Å². The van der Waals surface area contributed by atoms with Crippen LogP contribution in [-0.2, 0) is 4.79 Å². The molecule has 0 radical (unpaired) electrons. The van der Waals surface area contributed by atoms with Crippen molar-refractivity contribution in [2.45, 2.75) is 42.8 Å². The van der Waals surface area contributed by atoms with E-state index in [0.29, 0.717) is 22.0 Å². The van der Waals surface area contributed by atoms with E-state index in [4.69, 9.17) is 4.74 Å². The molecular formula is C24H23N3O3S. The maximum absolute atomic E-state index is 13.2. The highest BCUT2D eigenvalue weighted by Gasteiger charge is 2.30. The summed E-state index contributed by atoms with van der Waals surface area (Å²) in [6, 6.07) is 18.3. The Morgan fingerprint density at radius 1 is 1.06 bits per heavy atom. The quantitative estimate of drug-likeness (QED) is 0.613. The lowest BCUT2D eigenvalue weighted by Gasteiger charge is -2.27. The molecule has 0 spiro atoms. The molecule has 1 aliphatic rings. The first-order valence-corrected chi connectivity index (χ1v) is 10.9. The van der Waals surface area contributed by atoms with Crippen LogP contribution in [0.4, 0.5) is 11.4 Å². The van der Waals surface area contributed by atoms with Crippen LogP contribution in [0.3, 0.4) is 0 Å². The number of nitrogens with zero attached hydrogens (tertiary/aromatic N) is 2. The summed E-state index contributed by atoms with van der Waals surface area (Å²) in [4.78, 5) is 32.8. The Morgan fingerprint density at radius 3 is 2.58 bits per heavy atom. The smallest absolute Gasteiger partial charge is 0.265 e. The molecular weight excluding hydrogens is 410 g/mol. The van der Waals surface area contributed by atoms with Gasteiger partial charge in [-0.1, -0.05) is 30.0 Å². The van der Waals surface area contributed by atoms with Gasteiger partial charge in [-0.3, -0.25) is 9.59 Å². The Balaban J connectivity index is 1.60. The van der Waals surface area contributed by atoms with E-state index < -0.39 is 6.10 Å². The Labute approximate surface area is 185 Å². The average Bonchev–Trinajstić information content (AvgIpc) is 2.88. The van der Waals surface area contributed by atoms with Gasteiger partial charge >= 0.3 is 0 Å². The molecule has 2 heterocycles. The second-order valence-corrected chi connectivity index (χ2v) is 8.50. The summed E-state index contributed by atoms with van der Waals surface area (Å²) < 4.78 is 5.71. The third kappa shape index (κ3) is 4.41. The van der Waals surface area contributed by atoms with Crippen LogP contribution in [0.25, 0.3) is 0 Å². The van der Waals surface area contributed by atoms with Crippen LogP contribution in [0.15, 0.2) is 76.8 Å². The van der Waals surface area contributed by atoms with Crippen molar-refractivity contribution in [2.24, 2.45) is 0 Å². The molecule has 158 valence electrons. The van der Waals surface area contributed by atoms with E-state index in [9.17, 15) is 9.59 Å². The number of benzene rings is 2. The number of para-hydroxylation sites is 1. The summed E-state index contributed by atoms with van der Waals surface area (Å²) in [6.45, 7) is 5.66. The van der Waals surface area contributed by atoms with Gasteiger partial charge in [0.2, 0.25) is 0 Å². The van der Waals surface area contributed by atoms with Gasteiger partial charge in [-0.15, -0.1) is 0 Å². The van der Waals surface area contributed by atoms with Crippen LogP contribution >= 0.6 is 11.8 Å². The van der Waals surface area contributed by atoms with E-state index >= 15 is 0 Å². The number of pyridine rings is 1. The predicted molar refractivity (Wildman–Crippen MR) is 122 cm³/mol. The van der Waals surface area contributed by atoms with Crippen LogP contribution in [0.1, 0.15) is 31.1 Å². The molecule has 0 saturated carbocycles. The van der Waals surface area contributed by atoms with Gasteiger partial charge in [0.1, 0.15) is 10.8 Å². The second-order valence-electron chi connectivity index (χ2n) is 7.47. The minimum atomic E-state index is -0.662. The average molecular weight is 434 g/mol. The molecule has 1 N–H and O–H groups in total. The summed E-state index contributed by atoms with van der Waals surface area (Å²) in [6.07, 6.45) is 1.02. The Hall–Kier alpha value is -3.32. The van der Waals surface area contributed by atoms with E-state index in [2.05, 4.69) is 10.3 Å². The standard InChI is InChI=1S/C24H23N3O3S/c1-15(2)27-20-12-11-17(26-22(28)16(3)30-18-8-5-4-6-9-18)14-21(20)31-23-19(24(27)29)10-7-13-25-23/h4-16H,1-3H3,(H,26,28)/t16-/m0/s1. The molecule has 31 heavy (non-hydrogen) atoms. The first kappa shape index (κ1) is 20.9. The number of amides is 2. The number of carbonyl (C=O) groups is 2. The molecule has 0 saturated heterocycles.